The second-order valence-corrected chi connectivity index (χ2v) is 11.5. The van der Waals surface area contributed by atoms with Crippen molar-refractivity contribution in [3.8, 4) is 0 Å². The molecule has 2 aliphatic heterocycles. The van der Waals surface area contributed by atoms with Gasteiger partial charge in [-0.05, 0) is 37.2 Å². The molecule has 0 bridgehead atoms. The van der Waals surface area contributed by atoms with Crippen LogP contribution in [0.3, 0.4) is 0 Å². The highest BCUT2D eigenvalue weighted by atomic mass is 32.2. The lowest BCUT2D eigenvalue weighted by Gasteiger charge is -2.32. The number of nitrogens with zero attached hydrogens (tertiary/aromatic N) is 1. The zero-order valence-electron chi connectivity index (χ0n) is 14.9. The van der Waals surface area contributed by atoms with Crippen molar-refractivity contribution in [2.75, 3.05) is 30.3 Å². The van der Waals surface area contributed by atoms with Gasteiger partial charge in [-0.25, -0.2) is 21.1 Å². The van der Waals surface area contributed by atoms with Crippen LogP contribution < -0.4 is 0 Å². The maximum atomic E-state index is 12.6. The Kier molecular flexibility index (Phi) is 6.37. The normalized spacial score (nSPS) is 25.2. The molecule has 3 rings (SSSR count). The zero-order chi connectivity index (χ0) is 18.6. The first-order valence-corrected chi connectivity index (χ1v) is 12.6. The molecule has 0 aromatic heterocycles. The molecule has 0 saturated carbocycles. The molecular weight excluding hydrogens is 374 g/mol. The van der Waals surface area contributed by atoms with Gasteiger partial charge in [-0.3, -0.25) is 0 Å². The summed E-state index contributed by atoms with van der Waals surface area (Å²) >= 11 is 0. The molecule has 2 aliphatic rings. The van der Waals surface area contributed by atoms with Gasteiger partial charge in [-0.1, -0.05) is 30.3 Å². The third-order valence-electron chi connectivity index (χ3n) is 5.13. The Balaban J connectivity index is 1.47. The number of hydrogen-bond donors (Lipinski definition) is 0. The highest BCUT2D eigenvalue weighted by Gasteiger charge is 2.33. The van der Waals surface area contributed by atoms with Crippen molar-refractivity contribution in [2.45, 2.75) is 38.4 Å². The summed E-state index contributed by atoms with van der Waals surface area (Å²) in [6.45, 7) is 1.43. The quantitative estimate of drug-likeness (QED) is 0.726. The van der Waals surface area contributed by atoms with Crippen molar-refractivity contribution in [3.63, 3.8) is 0 Å². The van der Waals surface area contributed by atoms with E-state index in [4.69, 9.17) is 4.74 Å². The van der Waals surface area contributed by atoms with Crippen LogP contribution in [-0.4, -0.2) is 57.6 Å². The van der Waals surface area contributed by atoms with Gasteiger partial charge in [0.15, 0.2) is 9.84 Å². The average Bonchev–Trinajstić information content (AvgIpc) is 2.60. The number of ether oxygens (including phenoxy) is 1. The molecule has 8 heteroatoms. The van der Waals surface area contributed by atoms with Gasteiger partial charge in [0.25, 0.3) is 0 Å². The van der Waals surface area contributed by atoms with Crippen molar-refractivity contribution < 1.29 is 21.6 Å². The summed E-state index contributed by atoms with van der Waals surface area (Å²) in [5.41, 5.74) is 1.11. The molecule has 1 atom stereocenters. The summed E-state index contributed by atoms with van der Waals surface area (Å²) in [6, 6.07) is 9.93. The van der Waals surface area contributed by atoms with E-state index in [0.717, 1.165) is 5.56 Å². The van der Waals surface area contributed by atoms with Crippen LogP contribution in [0.5, 0.6) is 0 Å². The van der Waals surface area contributed by atoms with E-state index in [-0.39, 0.29) is 29.3 Å². The summed E-state index contributed by atoms with van der Waals surface area (Å²) in [4.78, 5) is 0. The Bertz CT molecular complexity index is 784. The molecular formula is C18H27NO5S2. The summed E-state index contributed by atoms with van der Waals surface area (Å²) in [5.74, 6) is -0.135. The van der Waals surface area contributed by atoms with E-state index in [9.17, 15) is 16.8 Å². The minimum Gasteiger partial charge on any atom is -0.373 e. The lowest BCUT2D eigenvalue weighted by atomic mass is 10.1. The second-order valence-electron chi connectivity index (χ2n) is 7.30. The predicted octanol–water partition coefficient (Wildman–Crippen LogP) is 1.82. The van der Waals surface area contributed by atoms with Crippen molar-refractivity contribution in [1.29, 1.82) is 0 Å². The third kappa shape index (κ3) is 5.52. The van der Waals surface area contributed by atoms with Crippen LogP contribution in [0.4, 0.5) is 0 Å². The van der Waals surface area contributed by atoms with Crippen LogP contribution in [0, 0.1) is 5.92 Å². The number of hydrogen-bond acceptors (Lipinski definition) is 5. The zero-order valence-corrected chi connectivity index (χ0v) is 16.6. The first-order chi connectivity index (χ1) is 12.3. The largest absolute Gasteiger partial charge is 0.373 e. The van der Waals surface area contributed by atoms with Crippen LogP contribution in [-0.2, 0) is 31.2 Å². The maximum Gasteiger partial charge on any atom is 0.214 e. The van der Waals surface area contributed by atoms with Crippen LogP contribution in [0.1, 0.15) is 31.2 Å². The fourth-order valence-corrected chi connectivity index (χ4v) is 7.50. The molecule has 0 N–H and O–H groups in total. The summed E-state index contributed by atoms with van der Waals surface area (Å²) in [7, 11) is -6.49. The van der Waals surface area contributed by atoms with Gasteiger partial charge < -0.3 is 4.74 Å². The summed E-state index contributed by atoms with van der Waals surface area (Å²) in [5, 5.41) is 0. The number of piperidine rings is 1. The van der Waals surface area contributed by atoms with Gasteiger partial charge in [-0.15, -0.1) is 0 Å². The number of benzene rings is 1. The van der Waals surface area contributed by atoms with E-state index >= 15 is 0 Å². The van der Waals surface area contributed by atoms with Crippen LogP contribution in [0.15, 0.2) is 30.3 Å². The Morgan fingerprint density at radius 3 is 2.42 bits per heavy atom. The molecule has 0 amide bonds. The Hall–Kier alpha value is -0.960. The highest BCUT2D eigenvalue weighted by molar-refractivity contribution is 7.91. The first kappa shape index (κ1) is 19.8. The molecule has 2 saturated heterocycles. The molecule has 146 valence electrons. The standard InChI is InChI=1S/C18H27NO5S2/c20-25(21)12-4-7-17(14-25)15-26(22,23)19-10-8-18(9-11-19)24-13-16-5-2-1-3-6-16/h1-3,5-6,17-18H,4,7-15H2/t17-/m0/s1. The van der Waals surface area contributed by atoms with E-state index < -0.39 is 19.9 Å². The molecule has 2 heterocycles. The fourth-order valence-electron chi connectivity index (χ4n) is 3.72. The van der Waals surface area contributed by atoms with Gasteiger partial charge >= 0.3 is 0 Å². The molecule has 1 aromatic rings. The topological polar surface area (TPSA) is 80.8 Å². The Morgan fingerprint density at radius 1 is 1.08 bits per heavy atom. The van der Waals surface area contributed by atoms with Crippen LogP contribution in [0.2, 0.25) is 0 Å². The maximum absolute atomic E-state index is 12.6. The Labute approximate surface area is 156 Å². The van der Waals surface area contributed by atoms with Gasteiger partial charge in [0.1, 0.15) is 0 Å². The minimum atomic E-state index is -3.41. The monoisotopic (exact) mass is 401 g/mol. The SMILES string of the molecule is O=S1(=O)CCC[C@H](CS(=O)(=O)N2CCC(OCc3ccccc3)CC2)C1. The number of rotatable bonds is 6. The van der Waals surface area contributed by atoms with Crippen molar-refractivity contribution in [2.24, 2.45) is 5.92 Å². The number of sulfone groups is 1. The average molecular weight is 402 g/mol. The molecule has 0 aliphatic carbocycles. The van der Waals surface area contributed by atoms with Crippen LogP contribution in [0.25, 0.3) is 0 Å². The van der Waals surface area contributed by atoms with Crippen molar-refractivity contribution >= 4 is 19.9 Å². The van der Waals surface area contributed by atoms with E-state index in [0.29, 0.717) is 45.4 Å². The summed E-state index contributed by atoms with van der Waals surface area (Å²) in [6.07, 6.45) is 2.66. The van der Waals surface area contributed by atoms with E-state index in [2.05, 4.69) is 0 Å². The number of sulfonamides is 1. The molecule has 26 heavy (non-hydrogen) atoms. The Morgan fingerprint density at radius 2 is 1.77 bits per heavy atom. The predicted molar refractivity (Wildman–Crippen MR) is 101 cm³/mol. The van der Waals surface area contributed by atoms with Crippen molar-refractivity contribution in [1.82, 2.24) is 4.31 Å². The van der Waals surface area contributed by atoms with Crippen LogP contribution >= 0.6 is 0 Å². The lowest BCUT2D eigenvalue weighted by Crippen LogP contribution is -2.44. The van der Waals surface area contributed by atoms with E-state index in [1.165, 1.54) is 4.31 Å². The van der Waals surface area contributed by atoms with Gasteiger partial charge in [0, 0.05) is 13.1 Å². The fraction of sp³-hybridized carbons (Fsp3) is 0.667. The third-order valence-corrected chi connectivity index (χ3v) is 9.06. The van der Waals surface area contributed by atoms with E-state index in [1.807, 2.05) is 30.3 Å². The molecule has 0 radical (unpaired) electrons. The molecule has 1 aromatic carbocycles. The first-order valence-electron chi connectivity index (χ1n) is 9.18. The lowest BCUT2D eigenvalue weighted by molar-refractivity contribution is 0.0102. The molecule has 2 fully saturated rings. The van der Waals surface area contributed by atoms with Crippen molar-refractivity contribution in [3.05, 3.63) is 35.9 Å². The summed E-state index contributed by atoms with van der Waals surface area (Å²) < 4.78 is 56.2. The molecule has 6 nitrogen and oxygen atoms in total. The van der Waals surface area contributed by atoms with Gasteiger partial charge in [-0.2, -0.15) is 0 Å². The second kappa shape index (κ2) is 8.37. The van der Waals surface area contributed by atoms with Gasteiger partial charge in [0.2, 0.25) is 10.0 Å². The van der Waals surface area contributed by atoms with E-state index in [1.54, 1.807) is 0 Å². The minimum absolute atomic E-state index is 0.00286. The highest BCUT2D eigenvalue weighted by Crippen LogP contribution is 2.24. The molecule has 0 unspecified atom stereocenters. The smallest absolute Gasteiger partial charge is 0.214 e. The van der Waals surface area contributed by atoms with Gasteiger partial charge in [0.05, 0.1) is 30.0 Å². The molecule has 0 spiro atoms.